The molecule has 0 amide bonds. The zero-order valence-electron chi connectivity index (χ0n) is 53.4. The van der Waals surface area contributed by atoms with Crippen LogP contribution in [0.4, 0.5) is 0 Å². The first-order chi connectivity index (χ1) is 38.5. The summed E-state index contributed by atoms with van der Waals surface area (Å²) in [6.07, 6.45) is 75.9. The third kappa shape index (κ3) is 65.5. The molecule has 468 valence electrons. The van der Waals surface area contributed by atoms with Crippen molar-refractivity contribution in [2.24, 2.45) is 0 Å². The second-order valence-corrected chi connectivity index (χ2v) is 26.4. The van der Waals surface area contributed by atoms with Crippen molar-refractivity contribution in [2.75, 3.05) is 47.5 Å². The summed E-state index contributed by atoms with van der Waals surface area (Å²) in [4.78, 5) is 35.7. The van der Waals surface area contributed by atoms with Crippen molar-refractivity contribution in [2.45, 2.75) is 360 Å². The van der Waals surface area contributed by atoms with Crippen LogP contribution in [0.15, 0.2) is 24.3 Å². The molecule has 0 saturated heterocycles. The largest absolute Gasteiger partial charge is 0.472 e. The van der Waals surface area contributed by atoms with E-state index in [0.717, 1.165) is 51.4 Å². The van der Waals surface area contributed by atoms with E-state index in [4.69, 9.17) is 18.5 Å². The molecule has 0 aliphatic carbocycles. The number of nitrogens with zero attached hydrogens (tertiary/aromatic N) is 1. The first-order valence-electron chi connectivity index (χ1n) is 34.6. The Morgan fingerprint density at radius 1 is 0.392 bits per heavy atom. The van der Waals surface area contributed by atoms with Crippen LogP contribution in [0.25, 0.3) is 0 Å². The third-order valence-corrected chi connectivity index (χ3v) is 16.7. The topological polar surface area (TPSA) is 108 Å². The van der Waals surface area contributed by atoms with Crippen molar-refractivity contribution in [3.63, 3.8) is 0 Å². The first-order valence-corrected chi connectivity index (χ1v) is 36.1. The van der Waals surface area contributed by atoms with Crippen LogP contribution in [0.3, 0.4) is 0 Å². The Kier molecular flexibility index (Phi) is 59.9. The predicted molar refractivity (Wildman–Crippen MR) is 340 cm³/mol. The molecule has 0 spiro atoms. The number of rotatable bonds is 65. The Bertz CT molecular complexity index is 1380. The zero-order valence-corrected chi connectivity index (χ0v) is 54.3. The smallest absolute Gasteiger partial charge is 0.462 e. The van der Waals surface area contributed by atoms with Gasteiger partial charge >= 0.3 is 19.8 Å². The molecule has 0 aliphatic rings. The Morgan fingerprint density at radius 3 is 1.03 bits per heavy atom. The van der Waals surface area contributed by atoms with Gasteiger partial charge in [-0.25, -0.2) is 4.57 Å². The molecule has 2 unspecified atom stereocenters. The van der Waals surface area contributed by atoms with Gasteiger partial charge in [0.1, 0.15) is 19.8 Å². The number of likely N-dealkylation sites (N-methyl/N-ethyl adjacent to an activating group) is 1. The number of hydrogen-bond acceptors (Lipinski definition) is 7. The average molecular weight is 1140 g/mol. The van der Waals surface area contributed by atoms with Gasteiger partial charge in [0.2, 0.25) is 0 Å². The minimum atomic E-state index is -4.39. The number of carbonyl (C=O) groups excluding carboxylic acids is 2. The standard InChI is InChI=1S/C69H134NO8P/c1-6-8-10-12-14-16-18-20-22-24-25-26-27-28-29-30-31-32-33-34-35-36-37-38-39-40-41-42-43-44-46-47-49-51-53-55-57-59-61-68(71)75-65-67(66-77-79(73,74)76-64-63-70(3,4)5)78-69(72)62-60-58-56-54-52-50-48-45-23-21-19-17-15-13-11-9-7-2/h15,17,21,23,67H,6-14,16,18-20,22,24-66H2,1-5H3/p+1/b17-15-,23-21-. The number of phosphoric acid groups is 1. The van der Waals surface area contributed by atoms with Crippen LogP contribution >= 0.6 is 7.82 Å². The Balaban J connectivity index is 3.87. The van der Waals surface area contributed by atoms with Gasteiger partial charge in [0.25, 0.3) is 0 Å². The number of esters is 2. The maximum absolute atomic E-state index is 12.8. The summed E-state index contributed by atoms with van der Waals surface area (Å²) in [5.74, 6) is -0.789. The number of ether oxygens (including phenoxy) is 2. The molecule has 0 aliphatic heterocycles. The van der Waals surface area contributed by atoms with Gasteiger partial charge in [-0.2, -0.15) is 0 Å². The number of hydrogen-bond donors (Lipinski definition) is 1. The first kappa shape index (κ1) is 77.5. The van der Waals surface area contributed by atoms with E-state index < -0.39 is 26.5 Å². The highest BCUT2D eigenvalue weighted by atomic mass is 31.2. The van der Waals surface area contributed by atoms with Crippen LogP contribution in [0.2, 0.25) is 0 Å². The summed E-state index contributed by atoms with van der Waals surface area (Å²) in [6, 6.07) is 0. The third-order valence-electron chi connectivity index (χ3n) is 15.7. The fraction of sp³-hybridized carbons (Fsp3) is 0.913. The maximum atomic E-state index is 12.8. The molecule has 0 heterocycles. The Morgan fingerprint density at radius 2 is 0.684 bits per heavy atom. The Labute approximate surface area is 491 Å². The lowest BCUT2D eigenvalue weighted by atomic mass is 10.0. The van der Waals surface area contributed by atoms with Crippen molar-refractivity contribution in [3.8, 4) is 0 Å². The average Bonchev–Trinajstić information content (AvgIpc) is 3.41. The molecular weight excluding hydrogens is 1000 g/mol. The number of allylic oxidation sites excluding steroid dienone is 4. The molecule has 0 radical (unpaired) electrons. The number of unbranched alkanes of at least 4 members (excludes halogenated alkanes) is 47. The van der Waals surface area contributed by atoms with Gasteiger partial charge < -0.3 is 18.9 Å². The Hall–Kier alpha value is -1.51. The summed E-state index contributed by atoms with van der Waals surface area (Å²) in [5.41, 5.74) is 0. The van der Waals surface area contributed by atoms with Crippen LogP contribution < -0.4 is 0 Å². The van der Waals surface area contributed by atoms with Crippen molar-refractivity contribution in [1.82, 2.24) is 0 Å². The van der Waals surface area contributed by atoms with E-state index in [0.29, 0.717) is 23.9 Å². The predicted octanol–water partition coefficient (Wildman–Crippen LogP) is 22.1. The molecule has 0 aromatic carbocycles. The lowest BCUT2D eigenvalue weighted by molar-refractivity contribution is -0.870. The lowest BCUT2D eigenvalue weighted by Gasteiger charge is -2.24. The van der Waals surface area contributed by atoms with E-state index >= 15 is 0 Å². The molecule has 0 aromatic heterocycles. The quantitative estimate of drug-likeness (QED) is 0.0211. The van der Waals surface area contributed by atoms with E-state index in [9.17, 15) is 19.0 Å². The monoisotopic (exact) mass is 1140 g/mol. The molecule has 2 atom stereocenters. The van der Waals surface area contributed by atoms with Crippen LogP contribution in [0.5, 0.6) is 0 Å². The van der Waals surface area contributed by atoms with Gasteiger partial charge in [0.05, 0.1) is 27.7 Å². The van der Waals surface area contributed by atoms with Crippen molar-refractivity contribution in [1.29, 1.82) is 0 Å². The lowest BCUT2D eigenvalue weighted by Crippen LogP contribution is -2.37. The number of carbonyl (C=O) groups is 2. The second-order valence-electron chi connectivity index (χ2n) is 24.9. The fourth-order valence-corrected chi connectivity index (χ4v) is 11.1. The van der Waals surface area contributed by atoms with E-state index in [-0.39, 0.29) is 25.6 Å². The van der Waals surface area contributed by atoms with Crippen LogP contribution in [0.1, 0.15) is 354 Å². The van der Waals surface area contributed by atoms with Gasteiger partial charge in [0.15, 0.2) is 6.10 Å². The van der Waals surface area contributed by atoms with Crippen molar-refractivity contribution >= 4 is 19.8 Å². The molecule has 79 heavy (non-hydrogen) atoms. The van der Waals surface area contributed by atoms with Gasteiger partial charge in [0, 0.05) is 12.8 Å². The van der Waals surface area contributed by atoms with E-state index in [2.05, 4.69) is 38.2 Å². The molecular formula is C69H135NO8P+. The SMILES string of the molecule is CCCCC/C=C\C/C=C\CCCCCCCCCC(=O)OC(COC(=O)CCCCCCCCCCCCCCCCCCCCCCCCCCCCCCCCCCCCCCCC)COP(=O)(O)OCC[N+](C)(C)C. The summed E-state index contributed by atoms with van der Waals surface area (Å²) >= 11 is 0. The molecule has 0 rings (SSSR count). The zero-order chi connectivity index (χ0) is 57.7. The number of quaternary nitrogens is 1. The highest BCUT2D eigenvalue weighted by molar-refractivity contribution is 7.47. The van der Waals surface area contributed by atoms with E-state index in [1.54, 1.807) is 0 Å². The second kappa shape index (κ2) is 61.1. The highest BCUT2D eigenvalue weighted by Crippen LogP contribution is 2.43. The maximum Gasteiger partial charge on any atom is 0.472 e. The van der Waals surface area contributed by atoms with Gasteiger partial charge in [-0.3, -0.25) is 18.6 Å². The number of phosphoric ester groups is 1. The minimum Gasteiger partial charge on any atom is -0.462 e. The molecule has 10 heteroatoms. The summed E-state index contributed by atoms with van der Waals surface area (Å²) in [5, 5.41) is 0. The highest BCUT2D eigenvalue weighted by Gasteiger charge is 2.27. The molecule has 1 N–H and O–H groups in total. The van der Waals surface area contributed by atoms with Gasteiger partial charge in [-0.15, -0.1) is 0 Å². The van der Waals surface area contributed by atoms with Gasteiger partial charge in [-0.05, 0) is 44.9 Å². The summed E-state index contributed by atoms with van der Waals surface area (Å²) in [6.45, 7) is 4.46. The van der Waals surface area contributed by atoms with E-state index in [1.807, 2.05) is 21.1 Å². The minimum absolute atomic E-state index is 0.0324. The molecule has 0 bridgehead atoms. The van der Waals surface area contributed by atoms with Crippen molar-refractivity contribution in [3.05, 3.63) is 24.3 Å². The molecule has 9 nitrogen and oxygen atoms in total. The van der Waals surface area contributed by atoms with Crippen molar-refractivity contribution < 1.29 is 42.1 Å². The normalized spacial score (nSPS) is 13.2. The van der Waals surface area contributed by atoms with Crippen LogP contribution in [-0.2, 0) is 32.7 Å². The van der Waals surface area contributed by atoms with E-state index in [1.165, 1.54) is 270 Å². The molecule has 0 aromatic rings. The fourth-order valence-electron chi connectivity index (χ4n) is 10.4. The molecule has 0 saturated carbocycles. The summed E-state index contributed by atoms with van der Waals surface area (Å²) < 4.78 is 34.6. The van der Waals surface area contributed by atoms with Gasteiger partial charge in [-0.1, -0.05) is 321 Å². The van der Waals surface area contributed by atoms with Crippen LogP contribution in [-0.4, -0.2) is 74.9 Å². The molecule has 0 fully saturated rings. The van der Waals surface area contributed by atoms with Crippen LogP contribution in [0, 0.1) is 0 Å². The summed E-state index contributed by atoms with van der Waals surface area (Å²) in [7, 11) is 1.49.